The first-order chi connectivity index (χ1) is 38.4. The Morgan fingerprint density at radius 2 is 0.734 bits per heavy atom. The summed E-state index contributed by atoms with van der Waals surface area (Å²) >= 11 is 0. The van der Waals surface area contributed by atoms with Crippen molar-refractivity contribution in [2.45, 2.75) is 367 Å². The second-order valence-electron chi connectivity index (χ2n) is 25.1. The fraction of sp³-hybridized carbons (Fsp3) is 0.913. The number of rotatable bonds is 64. The minimum absolute atomic E-state index is 0.0418. The molecule has 0 radical (unpaired) electrons. The van der Waals surface area contributed by atoms with Crippen LogP contribution in [0.5, 0.6) is 0 Å². The predicted octanol–water partition coefficient (Wildman–Crippen LogP) is 21.7. The largest absolute Gasteiger partial charge is 0.472 e. The number of hydrogen-bond acceptors (Lipinski definition) is 6. The van der Waals surface area contributed by atoms with E-state index >= 15 is 0 Å². The third kappa shape index (κ3) is 60.9. The molecule has 0 bridgehead atoms. The molecule has 3 atom stereocenters. The zero-order valence-corrected chi connectivity index (χ0v) is 54.5. The van der Waals surface area contributed by atoms with Crippen LogP contribution in [0.3, 0.4) is 0 Å². The van der Waals surface area contributed by atoms with E-state index in [1.807, 2.05) is 33.3 Å². The first-order valence-corrected chi connectivity index (χ1v) is 36.2. The molecule has 2 N–H and O–H groups in total. The second-order valence-corrected chi connectivity index (χ2v) is 26.5. The van der Waals surface area contributed by atoms with E-state index < -0.39 is 20.0 Å². The molecule has 0 rings (SSSR count). The summed E-state index contributed by atoms with van der Waals surface area (Å²) in [5.41, 5.74) is 0. The molecule has 0 saturated carbocycles. The highest BCUT2D eigenvalue weighted by molar-refractivity contribution is 7.47. The van der Waals surface area contributed by atoms with Crippen molar-refractivity contribution in [3.05, 3.63) is 24.3 Å². The Morgan fingerprint density at radius 3 is 1.09 bits per heavy atom. The number of amides is 1. The van der Waals surface area contributed by atoms with Gasteiger partial charge in [0.2, 0.25) is 5.91 Å². The van der Waals surface area contributed by atoms with E-state index in [-0.39, 0.29) is 31.5 Å². The number of phosphoric ester groups is 1. The lowest BCUT2D eigenvalue weighted by Gasteiger charge is -2.27. The monoisotopic (exact) mass is 1140 g/mol. The van der Waals surface area contributed by atoms with Crippen LogP contribution in [0.15, 0.2) is 24.3 Å². The summed E-state index contributed by atoms with van der Waals surface area (Å²) in [5.74, 6) is -0.504. The minimum Gasteiger partial charge on any atom is -0.456 e. The van der Waals surface area contributed by atoms with Gasteiger partial charge < -0.3 is 19.4 Å². The van der Waals surface area contributed by atoms with Crippen LogP contribution in [-0.2, 0) is 27.9 Å². The van der Waals surface area contributed by atoms with Gasteiger partial charge in [-0.1, -0.05) is 309 Å². The molecule has 0 spiro atoms. The van der Waals surface area contributed by atoms with Crippen LogP contribution in [-0.4, -0.2) is 74.3 Å². The molecule has 0 saturated heterocycles. The molecule has 0 heterocycles. The molecule has 468 valence electrons. The summed E-state index contributed by atoms with van der Waals surface area (Å²) in [6.07, 6.45) is 72.0. The van der Waals surface area contributed by atoms with Crippen molar-refractivity contribution >= 4 is 19.7 Å². The smallest absolute Gasteiger partial charge is 0.456 e. The number of esters is 1. The molecule has 10 heteroatoms. The molecule has 1 amide bonds. The number of hydrogen-bond donors (Lipinski definition) is 2. The maximum absolute atomic E-state index is 13.6. The highest BCUT2D eigenvalue weighted by Gasteiger charge is 2.30. The molecule has 0 aromatic rings. The molecule has 0 aliphatic rings. The van der Waals surface area contributed by atoms with Crippen LogP contribution in [0, 0.1) is 0 Å². The Balaban J connectivity index is 4.97. The number of phosphoric acid groups is 1. The van der Waals surface area contributed by atoms with E-state index in [4.69, 9.17) is 13.8 Å². The van der Waals surface area contributed by atoms with Crippen molar-refractivity contribution < 1.29 is 37.3 Å². The van der Waals surface area contributed by atoms with Gasteiger partial charge in [-0.15, -0.1) is 0 Å². The molecule has 0 aromatic heterocycles. The normalized spacial score (nSPS) is 13.7. The molecule has 0 aromatic carbocycles. The molecule has 9 nitrogen and oxygen atoms in total. The molecule has 0 aliphatic heterocycles. The van der Waals surface area contributed by atoms with Gasteiger partial charge in [0.25, 0.3) is 0 Å². The van der Waals surface area contributed by atoms with Gasteiger partial charge in [0.1, 0.15) is 19.3 Å². The number of quaternary nitrogens is 1. The van der Waals surface area contributed by atoms with Gasteiger partial charge in [0.15, 0.2) is 0 Å². The zero-order valence-electron chi connectivity index (χ0n) is 53.6. The second kappa shape index (κ2) is 59.6. The first kappa shape index (κ1) is 77.5. The summed E-state index contributed by atoms with van der Waals surface area (Å²) in [5, 5.41) is 3.07. The number of ether oxygens (including phenoxy) is 1. The number of carbonyl (C=O) groups excluding carboxylic acids is 2. The van der Waals surface area contributed by atoms with Gasteiger partial charge in [-0.2, -0.15) is 0 Å². The number of likely N-dealkylation sites (N-methyl/N-ethyl adjacent to an activating group) is 1. The summed E-state index contributed by atoms with van der Waals surface area (Å²) in [4.78, 5) is 37.8. The predicted molar refractivity (Wildman–Crippen MR) is 342 cm³/mol. The third-order valence-corrected chi connectivity index (χ3v) is 16.9. The molecule has 3 unspecified atom stereocenters. The van der Waals surface area contributed by atoms with E-state index in [0.717, 1.165) is 70.6 Å². The highest BCUT2D eigenvalue weighted by Crippen LogP contribution is 2.43. The standard InChI is InChI=1S/C69H135N2O7P/c1-7-10-13-16-19-22-25-28-29-30-31-32-33-34-35-36-37-38-39-40-41-44-46-49-52-55-58-61-68(72)70-66(65-77-79(74,75)76-64-63-71(4,5)6)67(60-57-54-51-48-45-42-26-23-20-17-14-11-8-2)78-69(73)62-59-56-53-50-47-43-27-24-21-18-15-12-9-3/h43,47,57,60,66-67H,7-42,44-46,48-56,58-59,61-65H2,1-6H3,(H-,70,72,74,75)/p+1/b47-43-,60-57-. The van der Waals surface area contributed by atoms with Crippen molar-refractivity contribution in [3.63, 3.8) is 0 Å². The van der Waals surface area contributed by atoms with E-state index in [1.54, 1.807) is 0 Å². The Kier molecular flexibility index (Phi) is 58.5. The number of nitrogens with zero attached hydrogens (tertiary/aromatic N) is 1. The average Bonchev–Trinajstić information content (AvgIpc) is 3.41. The lowest BCUT2D eigenvalue weighted by atomic mass is 10.0. The lowest BCUT2D eigenvalue weighted by molar-refractivity contribution is -0.870. The average molecular weight is 1140 g/mol. The van der Waals surface area contributed by atoms with Crippen LogP contribution in [0.1, 0.15) is 355 Å². The van der Waals surface area contributed by atoms with Gasteiger partial charge in [-0.3, -0.25) is 18.6 Å². The number of nitrogens with one attached hydrogen (secondary N) is 1. The van der Waals surface area contributed by atoms with Crippen LogP contribution in [0.4, 0.5) is 0 Å². The fourth-order valence-electron chi connectivity index (χ4n) is 10.5. The maximum atomic E-state index is 13.6. The lowest BCUT2D eigenvalue weighted by Crippen LogP contribution is -2.47. The van der Waals surface area contributed by atoms with Crippen LogP contribution < -0.4 is 5.32 Å². The van der Waals surface area contributed by atoms with Crippen molar-refractivity contribution in [1.82, 2.24) is 5.32 Å². The van der Waals surface area contributed by atoms with Crippen molar-refractivity contribution in [2.24, 2.45) is 0 Å². The van der Waals surface area contributed by atoms with Crippen molar-refractivity contribution in [3.8, 4) is 0 Å². The van der Waals surface area contributed by atoms with Gasteiger partial charge in [-0.25, -0.2) is 4.57 Å². The van der Waals surface area contributed by atoms with Crippen molar-refractivity contribution in [1.29, 1.82) is 0 Å². The van der Waals surface area contributed by atoms with Gasteiger partial charge in [-0.05, 0) is 57.4 Å². The molecular formula is C69H136N2O7P+. The van der Waals surface area contributed by atoms with Crippen LogP contribution in [0.25, 0.3) is 0 Å². The Morgan fingerprint density at radius 1 is 0.430 bits per heavy atom. The first-order valence-electron chi connectivity index (χ1n) is 34.7. The Bertz CT molecular complexity index is 1400. The zero-order chi connectivity index (χ0) is 57.9. The highest BCUT2D eigenvalue weighted by atomic mass is 31.2. The molecule has 79 heavy (non-hydrogen) atoms. The summed E-state index contributed by atoms with van der Waals surface area (Å²) < 4.78 is 30.8. The Labute approximate surface area is 492 Å². The Hall–Kier alpha value is -1.51. The summed E-state index contributed by atoms with van der Waals surface area (Å²) in [7, 11) is 1.51. The van der Waals surface area contributed by atoms with E-state index in [9.17, 15) is 19.0 Å². The summed E-state index contributed by atoms with van der Waals surface area (Å²) in [6.45, 7) is 7.05. The number of unbranched alkanes of at least 4 members (excludes halogenated alkanes) is 46. The quantitative estimate of drug-likeness (QED) is 0.0205. The third-order valence-electron chi connectivity index (χ3n) is 15.9. The topological polar surface area (TPSA) is 111 Å². The molecule has 0 fully saturated rings. The van der Waals surface area contributed by atoms with E-state index in [0.29, 0.717) is 17.4 Å². The van der Waals surface area contributed by atoms with E-state index in [2.05, 4.69) is 38.2 Å². The van der Waals surface area contributed by atoms with Crippen LogP contribution >= 0.6 is 7.82 Å². The van der Waals surface area contributed by atoms with Gasteiger partial charge >= 0.3 is 13.8 Å². The fourth-order valence-corrected chi connectivity index (χ4v) is 11.3. The van der Waals surface area contributed by atoms with Crippen LogP contribution in [0.2, 0.25) is 0 Å². The molecular weight excluding hydrogens is 1000 g/mol. The minimum atomic E-state index is -4.45. The van der Waals surface area contributed by atoms with Gasteiger partial charge in [0, 0.05) is 12.8 Å². The van der Waals surface area contributed by atoms with Gasteiger partial charge in [0.05, 0.1) is 33.8 Å². The van der Waals surface area contributed by atoms with E-state index in [1.165, 1.54) is 250 Å². The SMILES string of the molecule is CCCCCCCC/C=C\CCCCCC(=O)OC(/C=C\CCCCCCCCCCCCC)C(COP(=O)(O)OCC[N+](C)(C)C)NC(=O)CCCCCCCCCCCCCCCCCCCCCCCCCCCCC. The number of allylic oxidation sites excluding steroid dienone is 3. The summed E-state index contributed by atoms with van der Waals surface area (Å²) in [6, 6.07) is -0.849. The van der Waals surface area contributed by atoms with Crippen molar-refractivity contribution in [2.75, 3.05) is 40.9 Å². The number of carbonyl (C=O) groups is 2. The molecule has 0 aliphatic carbocycles. The maximum Gasteiger partial charge on any atom is 0.472 e.